The van der Waals surface area contributed by atoms with E-state index in [0.717, 1.165) is 11.9 Å². The van der Waals surface area contributed by atoms with E-state index in [2.05, 4.69) is 23.2 Å². The molecule has 0 saturated carbocycles. The van der Waals surface area contributed by atoms with Crippen molar-refractivity contribution in [2.24, 2.45) is 0 Å². The number of rotatable bonds is 4. The fourth-order valence-corrected chi connectivity index (χ4v) is 3.24. The summed E-state index contributed by atoms with van der Waals surface area (Å²) in [6, 6.07) is 13.9. The first-order chi connectivity index (χ1) is 12.7. The Balaban J connectivity index is 1.39. The number of nitrogens with one attached hydrogen (secondary N) is 1. The summed E-state index contributed by atoms with van der Waals surface area (Å²) in [5.41, 5.74) is 3.58. The molecule has 0 unspecified atom stereocenters. The van der Waals surface area contributed by atoms with Crippen molar-refractivity contribution in [3.05, 3.63) is 72.2 Å². The van der Waals surface area contributed by atoms with Crippen molar-refractivity contribution in [1.29, 1.82) is 0 Å². The van der Waals surface area contributed by atoms with Crippen molar-refractivity contribution in [2.75, 3.05) is 19.7 Å². The minimum atomic E-state index is -0.324. The maximum atomic E-state index is 12.9. The van der Waals surface area contributed by atoms with Gasteiger partial charge in [0.15, 0.2) is 6.61 Å². The van der Waals surface area contributed by atoms with E-state index < -0.39 is 0 Å². The molecule has 0 aliphatic carbocycles. The lowest BCUT2D eigenvalue weighted by Crippen LogP contribution is -2.37. The van der Waals surface area contributed by atoms with Crippen molar-refractivity contribution in [3.63, 3.8) is 0 Å². The second-order valence-corrected chi connectivity index (χ2v) is 6.31. The Morgan fingerprint density at radius 1 is 1.15 bits per heavy atom. The number of halogens is 1. The average molecular weight is 350 g/mol. The highest BCUT2D eigenvalue weighted by Gasteiger charge is 2.19. The van der Waals surface area contributed by atoms with Crippen LogP contribution in [0.2, 0.25) is 0 Å². The second-order valence-electron chi connectivity index (χ2n) is 6.31. The van der Waals surface area contributed by atoms with Gasteiger partial charge < -0.3 is 14.6 Å². The van der Waals surface area contributed by atoms with Crippen LogP contribution >= 0.6 is 0 Å². The molecule has 1 amide bonds. The Morgan fingerprint density at radius 2 is 1.96 bits per heavy atom. The van der Waals surface area contributed by atoms with Gasteiger partial charge in [-0.15, -0.1) is 0 Å². The highest BCUT2D eigenvalue weighted by Crippen LogP contribution is 2.29. The molecule has 1 aliphatic rings. The molecule has 4 nitrogen and oxygen atoms in total. The van der Waals surface area contributed by atoms with Crippen molar-refractivity contribution in [2.45, 2.75) is 6.42 Å². The van der Waals surface area contributed by atoms with Crippen LogP contribution in [-0.4, -0.2) is 35.5 Å². The molecule has 0 fully saturated rings. The van der Waals surface area contributed by atoms with Gasteiger partial charge in [-0.05, 0) is 42.3 Å². The standard InChI is InChI=1S/C21H19FN2O2/c22-16-5-7-17(8-6-16)26-14-21(25)24-11-9-15(10-12-24)19-13-23-20-4-2-1-3-18(19)20/h1-9,13,23H,10-12,14H2. The number of nitrogens with zero attached hydrogens (tertiary/aromatic N) is 1. The molecule has 26 heavy (non-hydrogen) atoms. The van der Waals surface area contributed by atoms with Crippen molar-refractivity contribution in [3.8, 4) is 5.75 Å². The van der Waals surface area contributed by atoms with Crippen molar-refractivity contribution >= 4 is 22.4 Å². The fraction of sp³-hybridized carbons (Fsp3) is 0.190. The summed E-state index contributed by atoms with van der Waals surface area (Å²) in [5, 5.41) is 1.21. The van der Waals surface area contributed by atoms with E-state index in [4.69, 9.17) is 4.74 Å². The molecule has 3 aromatic rings. The van der Waals surface area contributed by atoms with Gasteiger partial charge in [-0.2, -0.15) is 0 Å². The summed E-state index contributed by atoms with van der Waals surface area (Å²) in [5.74, 6) is 0.102. The van der Waals surface area contributed by atoms with Gasteiger partial charge in [-0.1, -0.05) is 24.3 Å². The van der Waals surface area contributed by atoms with Gasteiger partial charge in [-0.3, -0.25) is 4.79 Å². The summed E-state index contributed by atoms with van der Waals surface area (Å²) in [6.45, 7) is 1.19. The number of hydrogen-bond donors (Lipinski definition) is 1. The second kappa shape index (κ2) is 7.04. The molecule has 0 bridgehead atoms. The lowest BCUT2D eigenvalue weighted by Gasteiger charge is -2.26. The van der Waals surface area contributed by atoms with Gasteiger partial charge in [0, 0.05) is 35.8 Å². The molecular formula is C21H19FN2O2. The number of carbonyl (C=O) groups is 1. The SMILES string of the molecule is O=C(COc1ccc(F)cc1)N1CC=C(c2c[nH]c3ccccc23)CC1. The van der Waals surface area contributed by atoms with Gasteiger partial charge in [0.2, 0.25) is 0 Å². The lowest BCUT2D eigenvalue weighted by molar-refractivity contribution is -0.132. The topological polar surface area (TPSA) is 45.3 Å². The first kappa shape index (κ1) is 16.4. The number of amides is 1. The minimum Gasteiger partial charge on any atom is -0.484 e. The zero-order valence-corrected chi connectivity index (χ0v) is 14.2. The molecule has 2 heterocycles. The summed E-state index contributed by atoms with van der Waals surface area (Å²) < 4.78 is 18.3. The number of H-pyrrole nitrogens is 1. The van der Waals surface area contributed by atoms with E-state index in [-0.39, 0.29) is 18.3 Å². The fourth-order valence-electron chi connectivity index (χ4n) is 3.24. The summed E-state index contributed by atoms with van der Waals surface area (Å²) in [4.78, 5) is 17.4. The van der Waals surface area contributed by atoms with E-state index in [0.29, 0.717) is 18.8 Å². The van der Waals surface area contributed by atoms with Gasteiger partial charge in [0.1, 0.15) is 11.6 Å². The number of para-hydroxylation sites is 1. The molecule has 4 rings (SSSR count). The van der Waals surface area contributed by atoms with Crippen LogP contribution in [0, 0.1) is 5.82 Å². The normalized spacial score (nSPS) is 14.3. The summed E-state index contributed by atoms with van der Waals surface area (Å²) >= 11 is 0. The quantitative estimate of drug-likeness (QED) is 0.773. The smallest absolute Gasteiger partial charge is 0.260 e. The van der Waals surface area contributed by atoms with Gasteiger partial charge in [0.25, 0.3) is 5.91 Å². The van der Waals surface area contributed by atoms with Crippen molar-refractivity contribution in [1.82, 2.24) is 9.88 Å². The highest BCUT2D eigenvalue weighted by atomic mass is 19.1. The third-order valence-corrected chi connectivity index (χ3v) is 4.67. The van der Waals surface area contributed by atoms with Crippen LogP contribution in [-0.2, 0) is 4.79 Å². The zero-order chi connectivity index (χ0) is 17.9. The first-order valence-electron chi connectivity index (χ1n) is 8.62. The van der Waals surface area contributed by atoms with Crippen LogP contribution in [0.5, 0.6) is 5.75 Å². The molecular weight excluding hydrogens is 331 g/mol. The Morgan fingerprint density at radius 3 is 2.73 bits per heavy atom. The van der Waals surface area contributed by atoms with E-state index in [1.807, 2.05) is 18.3 Å². The Hall–Kier alpha value is -3.08. The average Bonchev–Trinajstić information content (AvgIpc) is 3.11. The van der Waals surface area contributed by atoms with Crippen LogP contribution in [0.15, 0.2) is 60.8 Å². The third-order valence-electron chi connectivity index (χ3n) is 4.67. The molecule has 1 N–H and O–H groups in total. The maximum absolute atomic E-state index is 12.9. The Bertz CT molecular complexity index is 960. The minimum absolute atomic E-state index is 0.0398. The van der Waals surface area contributed by atoms with Crippen molar-refractivity contribution < 1.29 is 13.9 Å². The molecule has 5 heteroatoms. The largest absolute Gasteiger partial charge is 0.484 e. The zero-order valence-electron chi connectivity index (χ0n) is 14.2. The van der Waals surface area contributed by atoms with Gasteiger partial charge >= 0.3 is 0 Å². The highest BCUT2D eigenvalue weighted by molar-refractivity contribution is 5.93. The predicted octanol–water partition coefficient (Wildman–Crippen LogP) is 4.00. The molecule has 2 aromatic carbocycles. The predicted molar refractivity (Wildman–Crippen MR) is 99.4 cm³/mol. The maximum Gasteiger partial charge on any atom is 0.260 e. The van der Waals surface area contributed by atoms with E-state index in [9.17, 15) is 9.18 Å². The molecule has 0 atom stereocenters. The number of ether oxygens (including phenoxy) is 1. The lowest BCUT2D eigenvalue weighted by atomic mass is 9.99. The number of aromatic amines is 1. The molecule has 0 radical (unpaired) electrons. The molecule has 132 valence electrons. The summed E-state index contributed by atoms with van der Waals surface area (Å²) in [7, 11) is 0. The third kappa shape index (κ3) is 3.33. The number of fused-ring (bicyclic) bond motifs is 1. The molecule has 1 aliphatic heterocycles. The van der Waals surface area contributed by atoms with Crippen LogP contribution in [0.1, 0.15) is 12.0 Å². The number of carbonyl (C=O) groups excluding carboxylic acids is 1. The number of hydrogen-bond acceptors (Lipinski definition) is 2. The van der Waals surface area contributed by atoms with Gasteiger partial charge in [-0.25, -0.2) is 4.39 Å². The van der Waals surface area contributed by atoms with Crippen LogP contribution in [0.4, 0.5) is 4.39 Å². The number of benzene rings is 2. The Labute approximate surface area is 150 Å². The molecule has 0 saturated heterocycles. The number of aromatic nitrogens is 1. The Kier molecular flexibility index (Phi) is 4.44. The monoisotopic (exact) mass is 350 g/mol. The van der Waals surface area contributed by atoms with Crippen LogP contribution in [0.3, 0.4) is 0 Å². The van der Waals surface area contributed by atoms with E-state index >= 15 is 0 Å². The first-order valence-corrected chi connectivity index (χ1v) is 8.62. The van der Waals surface area contributed by atoms with E-state index in [1.54, 1.807) is 4.90 Å². The van der Waals surface area contributed by atoms with Crippen LogP contribution in [0.25, 0.3) is 16.5 Å². The van der Waals surface area contributed by atoms with Gasteiger partial charge in [0.05, 0.1) is 0 Å². The summed E-state index contributed by atoms with van der Waals surface area (Å²) in [6.07, 6.45) is 4.95. The van der Waals surface area contributed by atoms with Crippen LogP contribution < -0.4 is 4.74 Å². The molecule has 0 spiro atoms. The molecule has 1 aromatic heterocycles. The van der Waals surface area contributed by atoms with E-state index in [1.165, 1.54) is 40.8 Å².